The summed E-state index contributed by atoms with van der Waals surface area (Å²) in [4.78, 5) is 17.4. The maximum atomic E-state index is 12.9. The zero-order valence-corrected chi connectivity index (χ0v) is 17.3. The fraction of sp³-hybridized carbons (Fsp3) is 0.273. The van der Waals surface area contributed by atoms with Crippen LogP contribution in [0, 0.1) is 27.7 Å². The highest BCUT2D eigenvalue weighted by Gasteiger charge is 2.20. The average Bonchev–Trinajstić information content (AvgIpc) is 3.26. The van der Waals surface area contributed by atoms with Gasteiger partial charge in [0.15, 0.2) is 5.65 Å². The molecular weight excluding hydrogens is 364 g/mol. The Morgan fingerprint density at radius 3 is 2.48 bits per heavy atom. The lowest BCUT2D eigenvalue weighted by molar-refractivity contribution is 0.0941. The van der Waals surface area contributed by atoms with E-state index in [4.69, 9.17) is 0 Å². The second-order valence-electron chi connectivity index (χ2n) is 7.46. The van der Waals surface area contributed by atoms with Crippen molar-refractivity contribution in [1.29, 1.82) is 0 Å². The van der Waals surface area contributed by atoms with Gasteiger partial charge in [-0.1, -0.05) is 17.7 Å². The molecule has 148 valence electrons. The summed E-state index contributed by atoms with van der Waals surface area (Å²) < 4.78 is 3.58. The van der Waals surface area contributed by atoms with Crippen molar-refractivity contribution in [3.05, 3.63) is 76.5 Å². The van der Waals surface area contributed by atoms with Gasteiger partial charge in [-0.2, -0.15) is 10.2 Å². The Hall–Kier alpha value is -3.48. The highest BCUT2D eigenvalue weighted by molar-refractivity contribution is 5.99. The van der Waals surface area contributed by atoms with Crippen molar-refractivity contribution in [3.63, 3.8) is 0 Å². The van der Waals surface area contributed by atoms with Crippen LogP contribution in [0.4, 0.5) is 0 Å². The van der Waals surface area contributed by atoms with Crippen LogP contribution in [0.1, 0.15) is 51.5 Å². The molecule has 7 nitrogen and oxygen atoms in total. The van der Waals surface area contributed by atoms with E-state index >= 15 is 0 Å². The van der Waals surface area contributed by atoms with Gasteiger partial charge in [-0.3, -0.25) is 4.79 Å². The van der Waals surface area contributed by atoms with E-state index in [2.05, 4.69) is 39.6 Å². The molecule has 7 heteroatoms. The lowest BCUT2D eigenvalue weighted by Crippen LogP contribution is -2.27. The predicted octanol–water partition coefficient (Wildman–Crippen LogP) is 3.64. The topological polar surface area (TPSA) is 77.1 Å². The maximum absolute atomic E-state index is 12.9. The molecule has 0 saturated carbocycles. The average molecular weight is 388 g/mol. The van der Waals surface area contributed by atoms with Gasteiger partial charge in [-0.05, 0) is 52.8 Å². The largest absolute Gasteiger partial charge is 0.345 e. The normalized spacial score (nSPS) is 12.3. The molecule has 3 aromatic heterocycles. The zero-order valence-electron chi connectivity index (χ0n) is 17.3. The van der Waals surface area contributed by atoms with Crippen LogP contribution in [0.5, 0.6) is 0 Å². The van der Waals surface area contributed by atoms with E-state index < -0.39 is 0 Å². The van der Waals surface area contributed by atoms with Crippen LogP contribution in [-0.4, -0.2) is 30.3 Å². The zero-order chi connectivity index (χ0) is 20.7. The van der Waals surface area contributed by atoms with Crippen molar-refractivity contribution in [2.75, 3.05) is 0 Å². The van der Waals surface area contributed by atoms with Gasteiger partial charge in [0.05, 0.1) is 24.1 Å². The molecule has 0 spiro atoms. The fourth-order valence-corrected chi connectivity index (χ4v) is 3.58. The lowest BCUT2D eigenvalue weighted by atomic mass is 10.1. The smallest absolute Gasteiger partial charge is 0.257 e. The molecule has 1 atom stereocenters. The molecule has 1 aromatic carbocycles. The van der Waals surface area contributed by atoms with Crippen molar-refractivity contribution < 1.29 is 4.79 Å². The first-order valence-electron chi connectivity index (χ1n) is 9.59. The third-order valence-electron chi connectivity index (χ3n) is 5.16. The molecule has 0 saturated heterocycles. The van der Waals surface area contributed by atoms with E-state index in [1.54, 1.807) is 10.7 Å². The standard InChI is InChI=1S/C22H24N6O/c1-13-6-8-18(9-7-13)28-17(5)19(11-24-28)16(4)26-22(29)20-12-23-27-15(3)10-14(2)25-21(20)27/h6-12,16H,1-5H3,(H,26,29)/t16-/m1/s1. The van der Waals surface area contributed by atoms with Gasteiger partial charge in [0, 0.05) is 22.6 Å². The van der Waals surface area contributed by atoms with Gasteiger partial charge in [0.2, 0.25) is 0 Å². The Kier molecular flexibility index (Phi) is 4.66. The molecule has 3 heterocycles. The SMILES string of the molecule is Cc1ccc(-n2ncc([C@@H](C)NC(=O)c3cnn4c(C)cc(C)nc34)c2C)cc1. The molecule has 0 aliphatic carbocycles. The number of hydrogen-bond acceptors (Lipinski definition) is 4. The number of aryl methyl sites for hydroxylation is 3. The Balaban J connectivity index is 1.59. The minimum Gasteiger partial charge on any atom is -0.345 e. The summed E-state index contributed by atoms with van der Waals surface area (Å²) in [6, 6.07) is 9.93. The molecule has 29 heavy (non-hydrogen) atoms. The first-order chi connectivity index (χ1) is 13.8. The summed E-state index contributed by atoms with van der Waals surface area (Å²) in [7, 11) is 0. The minimum absolute atomic E-state index is 0.201. The molecule has 0 aliphatic rings. The lowest BCUT2D eigenvalue weighted by Gasteiger charge is -2.14. The number of amides is 1. The van der Waals surface area contributed by atoms with E-state index in [1.807, 2.05) is 56.8 Å². The summed E-state index contributed by atoms with van der Waals surface area (Å²) >= 11 is 0. The van der Waals surface area contributed by atoms with Gasteiger partial charge in [-0.15, -0.1) is 0 Å². The summed E-state index contributed by atoms with van der Waals surface area (Å²) in [6.07, 6.45) is 3.38. The van der Waals surface area contributed by atoms with Gasteiger partial charge in [0.1, 0.15) is 5.56 Å². The van der Waals surface area contributed by atoms with E-state index in [0.717, 1.165) is 28.3 Å². The third kappa shape index (κ3) is 3.40. The molecule has 4 rings (SSSR count). The highest BCUT2D eigenvalue weighted by Crippen LogP contribution is 2.21. The van der Waals surface area contributed by atoms with Crippen LogP contribution >= 0.6 is 0 Å². The first kappa shape index (κ1) is 18.9. The minimum atomic E-state index is -0.206. The van der Waals surface area contributed by atoms with Crippen molar-refractivity contribution >= 4 is 11.6 Å². The molecule has 0 unspecified atom stereocenters. The summed E-state index contributed by atoms with van der Waals surface area (Å²) in [5, 5.41) is 11.9. The monoisotopic (exact) mass is 388 g/mol. The van der Waals surface area contributed by atoms with Crippen molar-refractivity contribution in [2.24, 2.45) is 0 Å². The fourth-order valence-electron chi connectivity index (χ4n) is 3.58. The molecule has 0 aliphatic heterocycles. The van der Waals surface area contributed by atoms with Gasteiger partial charge in [0.25, 0.3) is 5.91 Å². The van der Waals surface area contributed by atoms with Crippen molar-refractivity contribution in [2.45, 2.75) is 40.7 Å². The van der Waals surface area contributed by atoms with E-state index in [9.17, 15) is 4.79 Å². The van der Waals surface area contributed by atoms with E-state index in [1.165, 1.54) is 5.56 Å². The molecule has 0 fully saturated rings. The van der Waals surface area contributed by atoms with Crippen LogP contribution in [0.25, 0.3) is 11.3 Å². The Morgan fingerprint density at radius 1 is 1.03 bits per heavy atom. The van der Waals surface area contributed by atoms with Crippen LogP contribution in [-0.2, 0) is 0 Å². The number of carbonyl (C=O) groups is 1. The van der Waals surface area contributed by atoms with Crippen LogP contribution < -0.4 is 5.32 Å². The molecule has 1 amide bonds. The molecule has 0 radical (unpaired) electrons. The Morgan fingerprint density at radius 2 is 1.76 bits per heavy atom. The van der Waals surface area contributed by atoms with Crippen LogP contribution in [0.15, 0.2) is 42.7 Å². The second kappa shape index (κ2) is 7.16. The number of fused-ring (bicyclic) bond motifs is 1. The molecule has 0 bridgehead atoms. The summed E-state index contributed by atoms with van der Waals surface area (Å²) in [6.45, 7) is 9.88. The first-order valence-corrected chi connectivity index (χ1v) is 9.59. The summed E-state index contributed by atoms with van der Waals surface area (Å²) in [5.41, 5.74) is 6.98. The molecule has 4 aromatic rings. The van der Waals surface area contributed by atoms with Gasteiger partial charge >= 0.3 is 0 Å². The second-order valence-corrected chi connectivity index (χ2v) is 7.46. The molecular formula is C22H24N6O. The van der Waals surface area contributed by atoms with Gasteiger partial charge < -0.3 is 5.32 Å². The predicted molar refractivity (Wildman–Crippen MR) is 111 cm³/mol. The van der Waals surface area contributed by atoms with Crippen LogP contribution in [0.3, 0.4) is 0 Å². The molecule has 1 N–H and O–H groups in total. The van der Waals surface area contributed by atoms with Crippen molar-refractivity contribution in [1.82, 2.24) is 29.7 Å². The number of nitrogens with zero attached hydrogens (tertiary/aromatic N) is 5. The number of rotatable bonds is 4. The van der Waals surface area contributed by atoms with E-state index in [0.29, 0.717) is 11.2 Å². The Bertz CT molecular complexity index is 1200. The maximum Gasteiger partial charge on any atom is 0.257 e. The third-order valence-corrected chi connectivity index (χ3v) is 5.16. The van der Waals surface area contributed by atoms with E-state index in [-0.39, 0.29) is 11.9 Å². The van der Waals surface area contributed by atoms with Crippen LogP contribution in [0.2, 0.25) is 0 Å². The van der Waals surface area contributed by atoms with Gasteiger partial charge in [-0.25, -0.2) is 14.2 Å². The number of aromatic nitrogens is 5. The number of carbonyl (C=O) groups excluding carboxylic acids is 1. The highest BCUT2D eigenvalue weighted by atomic mass is 16.1. The number of nitrogens with one attached hydrogen (secondary N) is 1. The number of benzene rings is 1. The number of hydrogen-bond donors (Lipinski definition) is 1. The Labute approximate surface area is 169 Å². The quantitative estimate of drug-likeness (QED) is 0.579. The van der Waals surface area contributed by atoms with Crippen molar-refractivity contribution in [3.8, 4) is 5.69 Å². The summed E-state index contributed by atoms with van der Waals surface area (Å²) in [5.74, 6) is -0.201.